The topological polar surface area (TPSA) is 60.7 Å². The first kappa shape index (κ1) is 18.9. The monoisotopic (exact) mass is 384 g/mol. The molecular formula is C26H24O3. The molecule has 0 heterocycles. The zero-order valence-electron chi connectivity index (χ0n) is 16.2. The summed E-state index contributed by atoms with van der Waals surface area (Å²) >= 11 is 0. The van der Waals surface area contributed by atoms with Crippen LogP contribution in [-0.2, 0) is 25.7 Å². The van der Waals surface area contributed by atoms with Gasteiger partial charge in [-0.1, -0.05) is 66.7 Å². The molecule has 0 radical (unpaired) electrons. The third-order valence-electron chi connectivity index (χ3n) is 5.34. The first-order valence-electron chi connectivity index (χ1n) is 9.88. The third kappa shape index (κ3) is 4.52. The fraction of sp³-hybridized carbons (Fsp3) is 0.154. The van der Waals surface area contributed by atoms with Crippen molar-refractivity contribution in [1.29, 1.82) is 0 Å². The molecule has 3 nitrogen and oxygen atoms in total. The highest BCUT2D eigenvalue weighted by Crippen LogP contribution is 2.35. The molecule has 3 N–H and O–H groups in total. The number of aromatic hydroxyl groups is 3. The molecule has 0 aliphatic heterocycles. The average molecular weight is 384 g/mol. The van der Waals surface area contributed by atoms with Crippen molar-refractivity contribution in [2.24, 2.45) is 0 Å². The van der Waals surface area contributed by atoms with Crippen LogP contribution in [-0.4, -0.2) is 15.3 Å². The first-order chi connectivity index (χ1) is 14.1. The van der Waals surface area contributed by atoms with Crippen LogP contribution in [0.4, 0.5) is 0 Å². The van der Waals surface area contributed by atoms with E-state index in [1.165, 1.54) is 39.6 Å². The average Bonchev–Trinajstić information content (AvgIpc) is 2.74. The fourth-order valence-corrected chi connectivity index (χ4v) is 3.72. The lowest BCUT2D eigenvalue weighted by molar-refractivity contribution is 0.367. The summed E-state index contributed by atoms with van der Waals surface area (Å²) in [4.78, 5) is 0. The van der Waals surface area contributed by atoms with Crippen LogP contribution in [0.15, 0.2) is 78.9 Å². The number of phenolic OH excluding ortho intramolecular Hbond substituents is 3. The molecule has 0 bridgehead atoms. The maximum absolute atomic E-state index is 9.66. The van der Waals surface area contributed by atoms with Gasteiger partial charge in [-0.3, -0.25) is 0 Å². The molecule has 0 spiro atoms. The van der Waals surface area contributed by atoms with Crippen molar-refractivity contribution in [3.63, 3.8) is 0 Å². The number of hydrogen-bond donors (Lipinski definition) is 3. The van der Waals surface area contributed by atoms with Gasteiger partial charge in [0.05, 0.1) is 0 Å². The van der Waals surface area contributed by atoms with E-state index >= 15 is 0 Å². The Balaban J connectivity index is 1.40. The highest BCUT2D eigenvalue weighted by atomic mass is 16.3. The summed E-state index contributed by atoms with van der Waals surface area (Å²) in [6, 6.07) is 26.6. The second-order valence-corrected chi connectivity index (χ2v) is 7.48. The number of benzene rings is 4. The summed E-state index contributed by atoms with van der Waals surface area (Å²) in [7, 11) is 0. The van der Waals surface area contributed by atoms with E-state index in [2.05, 4.69) is 66.7 Å². The number of phenols is 3. The maximum atomic E-state index is 9.66. The summed E-state index contributed by atoms with van der Waals surface area (Å²) < 4.78 is 0. The van der Waals surface area contributed by atoms with Crippen LogP contribution < -0.4 is 0 Å². The van der Waals surface area contributed by atoms with Gasteiger partial charge in [-0.05, 0) is 70.8 Å². The minimum Gasteiger partial charge on any atom is -0.504 e. The summed E-state index contributed by atoms with van der Waals surface area (Å²) in [5, 5.41) is 31.3. The third-order valence-corrected chi connectivity index (χ3v) is 5.34. The van der Waals surface area contributed by atoms with Gasteiger partial charge in [-0.2, -0.15) is 0 Å². The molecule has 0 amide bonds. The number of aryl methyl sites for hydroxylation is 4. The molecule has 3 heteroatoms. The number of hydrogen-bond acceptors (Lipinski definition) is 3. The van der Waals surface area contributed by atoms with Crippen molar-refractivity contribution < 1.29 is 15.3 Å². The Kier molecular flexibility index (Phi) is 5.39. The Bertz CT molecular complexity index is 1120. The molecule has 0 aromatic heterocycles. The molecule has 4 aromatic rings. The lowest BCUT2D eigenvalue weighted by Gasteiger charge is -2.08. The van der Waals surface area contributed by atoms with Gasteiger partial charge in [0, 0.05) is 0 Å². The van der Waals surface area contributed by atoms with E-state index in [0.717, 1.165) is 24.8 Å². The summed E-state index contributed by atoms with van der Waals surface area (Å²) in [6.07, 6.45) is 3.45. The Morgan fingerprint density at radius 1 is 0.448 bits per heavy atom. The van der Waals surface area contributed by atoms with E-state index in [-0.39, 0.29) is 11.5 Å². The molecule has 0 saturated heterocycles. The van der Waals surface area contributed by atoms with E-state index in [1.807, 2.05) is 0 Å². The Labute approximate surface area is 170 Å². The van der Waals surface area contributed by atoms with Crippen molar-refractivity contribution >= 4 is 10.8 Å². The Morgan fingerprint density at radius 2 is 1.00 bits per heavy atom. The quantitative estimate of drug-likeness (QED) is 0.383. The molecule has 0 saturated carbocycles. The fourth-order valence-electron chi connectivity index (χ4n) is 3.72. The molecule has 4 rings (SSSR count). The molecule has 0 aliphatic carbocycles. The van der Waals surface area contributed by atoms with Gasteiger partial charge in [-0.15, -0.1) is 0 Å². The van der Waals surface area contributed by atoms with Gasteiger partial charge in [0.1, 0.15) is 0 Å². The summed E-state index contributed by atoms with van der Waals surface area (Å²) in [6.45, 7) is 0. The van der Waals surface area contributed by atoms with Gasteiger partial charge in [-0.25, -0.2) is 0 Å². The van der Waals surface area contributed by atoms with E-state index in [9.17, 15) is 15.3 Å². The van der Waals surface area contributed by atoms with Crippen LogP contribution in [0, 0.1) is 0 Å². The summed E-state index contributed by atoms with van der Waals surface area (Å²) in [5.41, 5.74) is 4.64. The first-order valence-corrected chi connectivity index (χ1v) is 9.88. The van der Waals surface area contributed by atoms with E-state index < -0.39 is 5.75 Å². The molecular weight excluding hydrogens is 360 g/mol. The van der Waals surface area contributed by atoms with E-state index in [0.29, 0.717) is 6.42 Å². The Hall–Kier alpha value is -3.46. The SMILES string of the molecule is Oc1cc(CCc2cccc(CCc3ccc4ccccc4c3)c2)cc(O)c1O. The summed E-state index contributed by atoms with van der Waals surface area (Å²) in [5.74, 6) is -1.04. The molecule has 0 aliphatic rings. The zero-order valence-corrected chi connectivity index (χ0v) is 16.2. The maximum Gasteiger partial charge on any atom is 0.200 e. The van der Waals surface area contributed by atoms with Gasteiger partial charge in [0.25, 0.3) is 0 Å². The van der Waals surface area contributed by atoms with Crippen LogP contribution in [0.2, 0.25) is 0 Å². The molecule has 4 aromatic carbocycles. The molecule has 0 fully saturated rings. The Morgan fingerprint density at radius 3 is 1.66 bits per heavy atom. The van der Waals surface area contributed by atoms with E-state index in [1.54, 1.807) is 0 Å². The van der Waals surface area contributed by atoms with Gasteiger partial charge < -0.3 is 15.3 Å². The molecule has 0 unspecified atom stereocenters. The van der Waals surface area contributed by atoms with Crippen molar-refractivity contribution in [2.45, 2.75) is 25.7 Å². The molecule has 0 atom stereocenters. The smallest absolute Gasteiger partial charge is 0.200 e. The largest absolute Gasteiger partial charge is 0.504 e. The van der Waals surface area contributed by atoms with E-state index in [4.69, 9.17) is 0 Å². The van der Waals surface area contributed by atoms with Crippen molar-refractivity contribution in [1.82, 2.24) is 0 Å². The zero-order chi connectivity index (χ0) is 20.2. The molecule has 146 valence electrons. The highest BCUT2D eigenvalue weighted by Gasteiger charge is 2.08. The second-order valence-electron chi connectivity index (χ2n) is 7.48. The van der Waals surface area contributed by atoms with Gasteiger partial charge in [0.15, 0.2) is 17.2 Å². The van der Waals surface area contributed by atoms with Crippen LogP contribution in [0.3, 0.4) is 0 Å². The minimum absolute atomic E-state index is 0.288. The van der Waals surface area contributed by atoms with Crippen LogP contribution in [0.1, 0.15) is 22.3 Å². The van der Waals surface area contributed by atoms with Crippen molar-refractivity contribution in [3.8, 4) is 17.2 Å². The lowest BCUT2D eigenvalue weighted by Crippen LogP contribution is -1.95. The van der Waals surface area contributed by atoms with Crippen molar-refractivity contribution in [2.75, 3.05) is 0 Å². The predicted molar refractivity (Wildman–Crippen MR) is 117 cm³/mol. The number of rotatable bonds is 6. The standard InChI is InChI=1S/C26H24O3/c27-24-16-21(17-25(28)26(24)29)11-10-19-5-3-4-18(14-19)8-9-20-12-13-22-6-1-2-7-23(22)15-20/h1-7,12-17,27-29H,8-11H2. The second kappa shape index (κ2) is 8.27. The molecule has 29 heavy (non-hydrogen) atoms. The normalized spacial score (nSPS) is 11.0. The highest BCUT2D eigenvalue weighted by molar-refractivity contribution is 5.83. The van der Waals surface area contributed by atoms with Crippen LogP contribution in [0.5, 0.6) is 17.2 Å². The van der Waals surface area contributed by atoms with Crippen molar-refractivity contribution in [3.05, 3.63) is 101 Å². The lowest BCUT2D eigenvalue weighted by atomic mass is 9.98. The van der Waals surface area contributed by atoms with Crippen LogP contribution >= 0.6 is 0 Å². The van der Waals surface area contributed by atoms with Crippen LogP contribution in [0.25, 0.3) is 10.8 Å². The number of fused-ring (bicyclic) bond motifs is 1. The van der Waals surface area contributed by atoms with Gasteiger partial charge in [0.2, 0.25) is 0 Å². The minimum atomic E-state index is -0.468. The predicted octanol–water partition coefficient (Wildman–Crippen LogP) is 5.53. The van der Waals surface area contributed by atoms with Gasteiger partial charge >= 0.3 is 0 Å².